The molecule has 1 atom stereocenters. The van der Waals surface area contributed by atoms with Crippen molar-refractivity contribution < 1.29 is 32.3 Å². The maximum atomic E-state index is 13.4. The Morgan fingerprint density at radius 1 is 1.05 bits per heavy atom. The highest BCUT2D eigenvalue weighted by Gasteiger charge is 2.69. The van der Waals surface area contributed by atoms with Crippen molar-refractivity contribution in [2.45, 2.75) is 35.4 Å². The number of β-lactam (4-membered cyclic amide) rings is 1. The summed E-state index contributed by atoms with van der Waals surface area (Å²) in [5, 5.41) is 3.23. The van der Waals surface area contributed by atoms with E-state index in [4.69, 9.17) is 33.7 Å². The number of amides is 2. The number of sulfone groups is 1. The number of anilines is 1. The van der Waals surface area contributed by atoms with Gasteiger partial charge in [-0.05, 0) is 42.5 Å². The molecule has 3 aliphatic rings. The van der Waals surface area contributed by atoms with E-state index < -0.39 is 32.8 Å². The molecule has 3 N–H and O–H groups in total. The van der Waals surface area contributed by atoms with E-state index in [0.29, 0.717) is 42.1 Å². The number of nitrogens with one attached hydrogen (secondary N) is 1. The lowest BCUT2D eigenvalue weighted by Gasteiger charge is -2.44. The summed E-state index contributed by atoms with van der Waals surface area (Å²) in [5.41, 5.74) is 6.49. The first-order valence-corrected chi connectivity index (χ1v) is 14.1. The first-order chi connectivity index (χ1) is 18.4. The van der Waals surface area contributed by atoms with Gasteiger partial charge in [0.2, 0.25) is 32.3 Å². The summed E-state index contributed by atoms with van der Waals surface area (Å²) in [6, 6.07) is 8.68. The van der Waals surface area contributed by atoms with Crippen molar-refractivity contribution in [2.75, 3.05) is 25.9 Å². The lowest BCUT2D eigenvalue weighted by molar-refractivity contribution is -0.150. The number of rotatable bonds is 4. The van der Waals surface area contributed by atoms with Gasteiger partial charge in [-0.1, -0.05) is 23.2 Å². The van der Waals surface area contributed by atoms with Gasteiger partial charge >= 0.3 is 0 Å². The van der Waals surface area contributed by atoms with Crippen LogP contribution < -0.4 is 15.8 Å². The van der Waals surface area contributed by atoms with Crippen LogP contribution in [0.3, 0.4) is 0 Å². The van der Waals surface area contributed by atoms with Crippen molar-refractivity contribution in [1.82, 2.24) is 10.2 Å². The molecule has 0 radical (unpaired) electrons. The number of Topliss-reactive ketones (excluding diaryl/α,β-unsaturated/α-hetero) is 2. The van der Waals surface area contributed by atoms with Crippen LogP contribution >= 0.6 is 23.2 Å². The van der Waals surface area contributed by atoms with Crippen LogP contribution in [0.15, 0.2) is 46.9 Å². The van der Waals surface area contributed by atoms with Crippen molar-refractivity contribution in [1.29, 1.82) is 0 Å². The summed E-state index contributed by atoms with van der Waals surface area (Å²) in [4.78, 5) is 45.7. The molecule has 2 aromatic rings. The normalized spacial score (nSPS) is 21.9. The monoisotopic (exact) mass is 593 g/mol. The highest BCUT2D eigenvalue weighted by Crippen LogP contribution is 2.48. The molecule has 39 heavy (non-hydrogen) atoms. The van der Waals surface area contributed by atoms with Crippen LogP contribution in [-0.4, -0.2) is 61.8 Å². The number of ketones is 2. The third-order valence-corrected chi connectivity index (χ3v) is 9.60. The molecule has 3 saturated heterocycles. The Kier molecular flexibility index (Phi) is 8.06. The molecule has 3 fully saturated rings. The van der Waals surface area contributed by atoms with Gasteiger partial charge in [-0.25, -0.2) is 8.42 Å². The Balaban J connectivity index is 0.000000333. The predicted molar refractivity (Wildman–Crippen MR) is 145 cm³/mol. The molecule has 3 aliphatic heterocycles. The molecule has 5 rings (SSSR count). The average molecular weight is 594 g/mol. The fraction of sp³-hybridized carbons (Fsp3) is 0.308. The predicted octanol–water partition coefficient (Wildman–Crippen LogP) is 2.81. The molecule has 1 unspecified atom stereocenters. The molecule has 2 amide bonds. The Bertz CT molecular complexity index is 1510. The van der Waals surface area contributed by atoms with Crippen LogP contribution in [0.4, 0.5) is 5.69 Å². The highest BCUT2D eigenvalue weighted by atomic mass is 35.5. The van der Waals surface area contributed by atoms with E-state index in [2.05, 4.69) is 5.32 Å². The zero-order valence-corrected chi connectivity index (χ0v) is 23.2. The summed E-state index contributed by atoms with van der Waals surface area (Å²) in [7, 11) is -2.78. The van der Waals surface area contributed by atoms with Crippen molar-refractivity contribution in [3.63, 3.8) is 0 Å². The molecule has 0 saturated carbocycles. The number of methoxy groups -OCH3 is 1. The minimum absolute atomic E-state index is 0.000787. The van der Waals surface area contributed by atoms with E-state index >= 15 is 0 Å². The summed E-state index contributed by atoms with van der Waals surface area (Å²) < 4.78 is 32.1. The van der Waals surface area contributed by atoms with Gasteiger partial charge in [-0.2, -0.15) is 0 Å². The van der Waals surface area contributed by atoms with Crippen molar-refractivity contribution in [2.24, 2.45) is 0 Å². The first-order valence-electron chi connectivity index (χ1n) is 11.9. The molecule has 0 aromatic heterocycles. The summed E-state index contributed by atoms with van der Waals surface area (Å²) in [6.07, 6.45) is 2.38. The maximum absolute atomic E-state index is 13.4. The third-order valence-electron chi connectivity index (χ3n) is 6.70. The first kappa shape index (κ1) is 28.6. The Morgan fingerprint density at radius 3 is 2.46 bits per heavy atom. The van der Waals surface area contributed by atoms with E-state index in [1.807, 2.05) is 0 Å². The Hall–Kier alpha value is -3.41. The van der Waals surface area contributed by atoms with Gasteiger partial charge in [-0.3, -0.25) is 19.2 Å². The quantitative estimate of drug-likeness (QED) is 0.312. The van der Waals surface area contributed by atoms with E-state index in [0.717, 1.165) is 4.90 Å². The zero-order valence-electron chi connectivity index (χ0n) is 20.8. The van der Waals surface area contributed by atoms with Crippen molar-refractivity contribution >= 4 is 68.2 Å². The number of hydrogen-bond donors (Lipinski definition) is 2. The summed E-state index contributed by atoms with van der Waals surface area (Å²) >= 11 is 11.9. The van der Waals surface area contributed by atoms with Gasteiger partial charge in [0.15, 0.2) is 0 Å². The van der Waals surface area contributed by atoms with Crippen LogP contribution in [0.5, 0.6) is 5.75 Å². The van der Waals surface area contributed by atoms with Gasteiger partial charge in [0, 0.05) is 42.0 Å². The molecule has 206 valence electrons. The molecule has 0 aliphatic carbocycles. The van der Waals surface area contributed by atoms with E-state index in [9.17, 15) is 27.6 Å². The second kappa shape index (κ2) is 11.0. The standard InChI is InChI=1S/C20H16Cl2N2O5S.C6H9NO2/c1-29-17-5-2-13(21)7-11(17)6-12-10-24-18(25)9-20(24,19(12)26)30(27,28)14-3-4-15(22)16(23)8-14;8-5-1-2-6(9)7-4-3-5/h2-8H,9-10,23H2,1H3;1-4H2,(H,7,9). The van der Waals surface area contributed by atoms with E-state index in [-0.39, 0.29) is 39.4 Å². The number of carbonyl (C=O) groups excluding carboxylic acids is 4. The number of nitrogen functional groups attached to an aromatic ring is 1. The minimum Gasteiger partial charge on any atom is -0.496 e. The molecule has 2 aromatic carbocycles. The third kappa shape index (κ3) is 5.26. The number of halogens is 2. The number of fused-ring (bicyclic) bond motifs is 1. The largest absolute Gasteiger partial charge is 0.496 e. The van der Waals surface area contributed by atoms with E-state index in [1.165, 1.54) is 31.4 Å². The van der Waals surface area contributed by atoms with Gasteiger partial charge in [0.05, 0.1) is 35.7 Å². The van der Waals surface area contributed by atoms with Crippen LogP contribution in [0.25, 0.3) is 6.08 Å². The second-order valence-corrected chi connectivity index (χ2v) is 12.1. The number of benzene rings is 2. The Labute approximate surface area is 235 Å². The summed E-state index contributed by atoms with van der Waals surface area (Å²) in [5.74, 6) is -0.426. The lowest BCUT2D eigenvalue weighted by atomic mass is 9.99. The molecular formula is C26H25Cl2N3O7S. The molecule has 13 heteroatoms. The minimum atomic E-state index is -4.25. The second-order valence-electron chi connectivity index (χ2n) is 9.15. The molecule has 3 heterocycles. The van der Waals surface area contributed by atoms with Crippen molar-refractivity contribution in [3.05, 3.63) is 57.6 Å². The number of nitrogens with zero attached hydrogens (tertiary/aromatic N) is 1. The average Bonchev–Trinajstić information content (AvgIpc) is 2.98. The van der Waals surface area contributed by atoms with Crippen LogP contribution in [-0.2, 0) is 29.0 Å². The highest BCUT2D eigenvalue weighted by molar-refractivity contribution is 7.93. The van der Waals surface area contributed by atoms with Crippen LogP contribution in [0.1, 0.15) is 31.2 Å². The lowest BCUT2D eigenvalue weighted by Crippen LogP contribution is -2.67. The number of hydrogen-bond acceptors (Lipinski definition) is 8. The van der Waals surface area contributed by atoms with Gasteiger partial charge in [0.25, 0.3) is 0 Å². The fourth-order valence-corrected chi connectivity index (χ4v) is 6.95. The molecule has 0 spiro atoms. The number of nitrogens with two attached hydrogens (primary N) is 1. The van der Waals surface area contributed by atoms with Gasteiger partial charge in [-0.15, -0.1) is 0 Å². The fourth-order valence-electron chi connectivity index (χ4n) is 4.59. The SMILES string of the molecule is COc1ccc(Cl)cc1C=C1CN2C(=O)CC2(S(=O)(=O)c2ccc(Cl)c(N)c2)C1=O.O=C1CCNC(=O)CC1. The van der Waals surface area contributed by atoms with Gasteiger partial charge in [0.1, 0.15) is 11.5 Å². The summed E-state index contributed by atoms with van der Waals surface area (Å²) in [6.45, 7) is 0.396. The van der Waals surface area contributed by atoms with E-state index in [1.54, 1.807) is 18.2 Å². The molecular weight excluding hydrogens is 569 g/mol. The van der Waals surface area contributed by atoms with Crippen LogP contribution in [0.2, 0.25) is 10.0 Å². The molecule has 0 bridgehead atoms. The molecule has 10 nitrogen and oxygen atoms in total. The number of carbonyl (C=O) groups is 4. The van der Waals surface area contributed by atoms with Crippen LogP contribution in [0, 0.1) is 0 Å². The smallest absolute Gasteiger partial charge is 0.228 e. The number of ether oxygens (including phenoxy) is 1. The van der Waals surface area contributed by atoms with Crippen molar-refractivity contribution in [3.8, 4) is 5.75 Å². The maximum Gasteiger partial charge on any atom is 0.228 e. The van der Waals surface area contributed by atoms with Gasteiger partial charge < -0.3 is 20.7 Å². The zero-order chi connectivity index (χ0) is 28.5. The topological polar surface area (TPSA) is 153 Å². The Morgan fingerprint density at radius 2 is 1.79 bits per heavy atom.